The van der Waals surface area contributed by atoms with Gasteiger partial charge in [-0.3, -0.25) is 0 Å². The summed E-state index contributed by atoms with van der Waals surface area (Å²) in [5, 5.41) is 18.7. The highest BCUT2D eigenvalue weighted by Crippen LogP contribution is 2.25. The topological polar surface area (TPSA) is 81.1 Å². The number of carbonyl (C=O) groups is 2. The van der Waals surface area contributed by atoms with Crippen molar-refractivity contribution < 1.29 is 19.8 Å². The van der Waals surface area contributed by atoms with Gasteiger partial charge in [-0.15, -0.1) is 0 Å². The molecular formula is C13H22N2O4. The lowest BCUT2D eigenvalue weighted by Gasteiger charge is -2.35. The Labute approximate surface area is 113 Å². The number of aliphatic hydroxyl groups excluding tert-OH is 1. The molecule has 6 heteroatoms. The molecule has 0 spiro atoms. The van der Waals surface area contributed by atoms with Crippen molar-refractivity contribution in [3.63, 3.8) is 0 Å². The molecule has 1 aliphatic carbocycles. The first kappa shape index (κ1) is 14.1. The van der Waals surface area contributed by atoms with Gasteiger partial charge in [-0.05, 0) is 12.8 Å². The second-order valence-electron chi connectivity index (χ2n) is 5.58. The minimum absolute atomic E-state index is 0.118. The number of carbonyl (C=O) groups excluding carboxylic acids is 1. The van der Waals surface area contributed by atoms with Crippen molar-refractivity contribution >= 4 is 12.0 Å². The van der Waals surface area contributed by atoms with E-state index in [2.05, 4.69) is 0 Å². The Morgan fingerprint density at radius 2 is 1.84 bits per heavy atom. The molecule has 2 amide bonds. The molecule has 1 unspecified atom stereocenters. The maximum Gasteiger partial charge on any atom is 0.326 e. The van der Waals surface area contributed by atoms with Crippen LogP contribution in [-0.4, -0.2) is 63.8 Å². The normalized spacial score (nSPS) is 28.4. The zero-order valence-corrected chi connectivity index (χ0v) is 11.3. The van der Waals surface area contributed by atoms with Gasteiger partial charge in [0.15, 0.2) is 0 Å². The number of hydrogen-bond donors (Lipinski definition) is 2. The van der Waals surface area contributed by atoms with Crippen molar-refractivity contribution in [3.8, 4) is 0 Å². The maximum absolute atomic E-state index is 12.4. The van der Waals surface area contributed by atoms with E-state index >= 15 is 0 Å². The van der Waals surface area contributed by atoms with Gasteiger partial charge in [-0.25, -0.2) is 9.59 Å². The van der Waals surface area contributed by atoms with Crippen molar-refractivity contribution in [1.82, 2.24) is 9.80 Å². The summed E-state index contributed by atoms with van der Waals surface area (Å²) >= 11 is 0. The number of carboxylic acid groups (broad SMARTS) is 1. The third-order valence-corrected chi connectivity index (χ3v) is 4.23. The maximum atomic E-state index is 12.4. The molecule has 2 atom stereocenters. The van der Waals surface area contributed by atoms with Crippen molar-refractivity contribution in [2.24, 2.45) is 0 Å². The molecular weight excluding hydrogens is 248 g/mol. The Hall–Kier alpha value is -1.30. The molecule has 0 radical (unpaired) electrons. The van der Waals surface area contributed by atoms with Crippen molar-refractivity contribution in [3.05, 3.63) is 0 Å². The third-order valence-electron chi connectivity index (χ3n) is 4.23. The molecule has 1 saturated heterocycles. The van der Waals surface area contributed by atoms with Gasteiger partial charge in [0, 0.05) is 26.1 Å². The number of carboxylic acids is 1. The van der Waals surface area contributed by atoms with Gasteiger partial charge in [-0.1, -0.05) is 19.3 Å². The molecule has 0 aromatic rings. The molecule has 108 valence electrons. The van der Waals surface area contributed by atoms with Crippen LogP contribution in [-0.2, 0) is 4.79 Å². The average molecular weight is 270 g/mol. The van der Waals surface area contributed by atoms with E-state index in [1.54, 1.807) is 11.9 Å². The summed E-state index contributed by atoms with van der Waals surface area (Å²) in [4.78, 5) is 26.5. The molecule has 2 aliphatic rings. The molecule has 0 aromatic heterocycles. The number of nitrogens with zero attached hydrogens (tertiary/aromatic N) is 2. The lowest BCUT2D eigenvalue weighted by molar-refractivity contribution is -0.141. The molecule has 2 fully saturated rings. The van der Waals surface area contributed by atoms with E-state index in [1.807, 2.05) is 0 Å². The summed E-state index contributed by atoms with van der Waals surface area (Å²) in [6.07, 6.45) is 4.80. The fourth-order valence-electron chi connectivity index (χ4n) is 3.09. The van der Waals surface area contributed by atoms with Crippen LogP contribution in [0.5, 0.6) is 0 Å². The van der Waals surface area contributed by atoms with Crippen LogP contribution in [0.15, 0.2) is 0 Å². The summed E-state index contributed by atoms with van der Waals surface area (Å²) in [6.45, 7) is 0.118. The van der Waals surface area contributed by atoms with Gasteiger partial charge >= 0.3 is 12.0 Å². The Bertz CT molecular complexity index is 355. The lowest BCUT2D eigenvalue weighted by Crippen LogP contribution is -2.50. The number of rotatable bonds is 2. The standard InChI is InChI=1S/C13H22N2O4/c1-14(9-5-3-2-4-6-9)13(19)15-8-10(16)7-11(15)12(17)18/h9-11,16H,2-8H2,1H3,(H,17,18)/t10?,11-/m0/s1. The number of β-amino-alcohol motifs (C(OH)–C–C–N with tert-alkyl or cyclic N) is 1. The van der Waals surface area contributed by atoms with E-state index in [1.165, 1.54) is 11.3 Å². The number of aliphatic carboxylic acids is 1. The summed E-state index contributed by atoms with van der Waals surface area (Å²) in [7, 11) is 1.74. The van der Waals surface area contributed by atoms with E-state index in [0.717, 1.165) is 25.7 Å². The highest BCUT2D eigenvalue weighted by atomic mass is 16.4. The van der Waals surface area contributed by atoms with Crippen molar-refractivity contribution in [2.75, 3.05) is 13.6 Å². The van der Waals surface area contributed by atoms with Crippen LogP contribution in [0.2, 0.25) is 0 Å². The SMILES string of the molecule is CN(C(=O)N1CC(O)C[C@H]1C(=O)O)C1CCCCC1. The van der Waals surface area contributed by atoms with Crippen LogP contribution >= 0.6 is 0 Å². The van der Waals surface area contributed by atoms with E-state index in [4.69, 9.17) is 5.11 Å². The first-order valence-corrected chi connectivity index (χ1v) is 6.95. The number of amides is 2. The van der Waals surface area contributed by atoms with E-state index in [9.17, 15) is 14.7 Å². The molecule has 1 saturated carbocycles. The fourth-order valence-corrected chi connectivity index (χ4v) is 3.09. The number of urea groups is 1. The van der Waals surface area contributed by atoms with Crippen molar-refractivity contribution in [2.45, 2.75) is 56.7 Å². The number of hydrogen-bond acceptors (Lipinski definition) is 3. The van der Waals surface area contributed by atoms with Gasteiger partial charge in [0.05, 0.1) is 6.10 Å². The minimum atomic E-state index is -1.04. The average Bonchev–Trinajstić information content (AvgIpc) is 2.80. The summed E-state index contributed by atoms with van der Waals surface area (Å²) in [6, 6.07) is -0.960. The zero-order chi connectivity index (χ0) is 14.0. The van der Waals surface area contributed by atoms with Gasteiger partial charge in [0.1, 0.15) is 6.04 Å². The monoisotopic (exact) mass is 270 g/mol. The Kier molecular flexibility index (Phi) is 4.29. The van der Waals surface area contributed by atoms with Crippen LogP contribution < -0.4 is 0 Å². The minimum Gasteiger partial charge on any atom is -0.480 e. The Morgan fingerprint density at radius 1 is 1.21 bits per heavy atom. The highest BCUT2D eigenvalue weighted by Gasteiger charge is 2.41. The summed E-state index contributed by atoms with van der Waals surface area (Å²) in [5.41, 5.74) is 0. The highest BCUT2D eigenvalue weighted by molar-refractivity contribution is 5.83. The van der Waals surface area contributed by atoms with Crippen LogP contribution in [0.3, 0.4) is 0 Å². The van der Waals surface area contributed by atoms with Crippen LogP contribution in [0, 0.1) is 0 Å². The smallest absolute Gasteiger partial charge is 0.326 e. The fraction of sp³-hybridized carbons (Fsp3) is 0.846. The van der Waals surface area contributed by atoms with E-state index in [0.29, 0.717) is 0 Å². The van der Waals surface area contributed by atoms with Crippen LogP contribution in [0.4, 0.5) is 4.79 Å². The van der Waals surface area contributed by atoms with Gasteiger partial charge in [0.25, 0.3) is 0 Å². The number of likely N-dealkylation sites (tertiary alicyclic amines) is 1. The largest absolute Gasteiger partial charge is 0.480 e. The third kappa shape index (κ3) is 3.00. The Morgan fingerprint density at radius 3 is 2.42 bits per heavy atom. The number of aliphatic hydroxyl groups is 1. The molecule has 0 aromatic carbocycles. The zero-order valence-electron chi connectivity index (χ0n) is 11.3. The second kappa shape index (κ2) is 5.77. The molecule has 1 aliphatic heterocycles. The van der Waals surface area contributed by atoms with E-state index in [-0.39, 0.29) is 25.0 Å². The van der Waals surface area contributed by atoms with E-state index < -0.39 is 18.1 Å². The van der Waals surface area contributed by atoms with Gasteiger partial charge in [0.2, 0.25) is 0 Å². The molecule has 2 rings (SSSR count). The molecule has 2 N–H and O–H groups in total. The summed E-state index contributed by atoms with van der Waals surface area (Å²) in [5.74, 6) is -1.04. The Balaban J connectivity index is 2.02. The van der Waals surface area contributed by atoms with Crippen LogP contribution in [0.25, 0.3) is 0 Å². The quantitative estimate of drug-likeness (QED) is 0.781. The first-order chi connectivity index (χ1) is 9.00. The van der Waals surface area contributed by atoms with Gasteiger partial charge < -0.3 is 20.0 Å². The second-order valence-corrected chi connectivity index (χ2v) is 5.58. The van der Waals surface area contributed by atoms with Crippen molar-refractivity contribution in [1.29, 1.82) is 0 Å². The first-order valence-electron chi connectivity index (χ1n) is 6.95. The summed E-state index contributed by atoms with van der Waals surface area (Å²) < 4.78 is 0. The lowest BCUT2D eigenvalue weighted by atomic mass is 9.95. The molecule has 6 nitrogen and oxygen atoms in total. The van der Waals surface area contributed by atoms with Gasteiger partial charge in [-0.2, -0.15) is 0 Å². The van der Waals surface area contributed by atoms with Crippen LogP contribution in [0.1, 0.15) is 38.5 Å². The predicted molar refractivity (Wildman–Crippen MR) is 68.8 cm³/mol. The predicted octanol–water partition coefficient (Wildman–Crippen LogP) is 0.891. The molecule has 1 heterocycles. The molecule has 19 heavy (non-hydrogen) atoms. The molecule has 0 bridgehead atoms.